The maximum Gasteiger partial charge on any atom is 0.326 e. The zero-order valence-corrected chi connectivity index (χ0v) is 24.6. The van der Waals surface area contributed by atoms with Gasteiger partial charge in [0.05, 0.1) is 6.61 Å². The van der Waals surface area contributed by atoms with E-state index < -0.39 is 66.5 Å². The first kappa shape index (κ1) is 35.8. The number of unbranched alkanes of at least 4 members (excludes halogenated alkanes) is 4. The number of carboxylic acids is 1. The van der Waals surface area contributed by atoms with Crippen molar-refractivity contribution in [2.45, 2.75) is 102 Å². The number of hydrogen-bond donors (Lipinski definition) is 7. The Hall–Kier alpha value is -3.22. The molecule has 0 radical (unpaired) electrons. The number of aliphatic hydroxyl groups excluding tert-OH is 2. The number of carbonyl (C=O) groups excluding carboxylic acids is 3. The number of nitrogens with one attached hydrogen (secondary N) is 2. The number of rotatable bonds is 19. The summed E-state index contributed by atoms with van der Waals surface area (Å²) in [4.78, 5) is 51.9. The average Bonchev–Trinajstić information content (AvgIpc) is 2.93. The highest BCUT2D eigenvalue weighted by atomic mass is 16.4. The molecule has 1 rings (SSSR count). The minimum absolute atomic E-state index is 0.0698. The van der Waals surface area contributed by atoms with Gasteiger partial charge in [0.15, 0.2) is 0 Å². The van der Waals surface area contributed by atoms with Crippen molar-refractivity contribution < 1.29 is 39.6 Å². The van der Waals surface area contributed by atoms with Crippen LogP contribution in [0.1, 0.15) is 71.3 Å². The van der Waals surface area contributed by atoms with Crippen LogP contribution >= 0.6 is 0 Å². The fourth-order valence-electron chi connectivity index (χ4n) is 4.58. The average molecular weight is 581 g/mol. The zero-order chi connectivity index (χ0) is 31.1. The number of phenolic OH excluding ortho intramolecular Hbond substituents is 1. The number of amides is 3. The van der Waals surface area contributed by atoms with Gasteiger partial charge in [0, 0.05) is 13.1 Å². The fraction of sp³-hybridized carbons (Fsp3) is 0.655. The quantitative estimate of drug-likeness (QED) is 0.116. The summed E-state index contributed by atoms with van der Waals surface area (Å²) < 4.78 is 0. The summed E-state index contributed by atoms with van der Waals surface area (Å²) in [5.41, 5.74) is 6.75. The van der Waals surface area contributed by atoms with E-state index >= 15 is 0 Å². The van der Waals surface area contributed by atoms with E-state index in [2.05, 4.69) is 17.6 Å². The Morgan fingerprint density at radius 3 is 2.05 bits per heavy atom. The number of nitrogens with zero attached hydrogens (tertiary/aromatic N) is 1. The van der Waals surface area contributed by atoms with Crippen LogP contribution in [0.3, 0.4) is 0 Å². The summed E-state index contributed by atoms with van der Waals surface area (Å²) in [5.74, 6) is -4.01. The summed E-state index contributed by atoms with van der Waals surface area (Å²) in [5, 5.41) is 44.1. The van der Waals surface area contributed by atoms with Crippen molar-refractivity contribution in [1.29, 1.82) is 0 Å². The Morgan fingerprint density at radius 1 is 0.927 bits per heavy atom. The van der Waals surface area contributed by atoms with E-state index in [1.807, 2.05) is 0 Å². The molecular weight excluding hydrogens is 532 g/mol. The molecule has 0 fully saturated rings. The number of hydrogen-bond acceptors (Lipinski definition) is 8. The van der Waals surface area contributed by atoms with Crippen molar-refractivity contribution >= 4 is 23.7 Å². The Kier molecular flexibility index (Phi) is 15.9. The standard InChI is InChI=1S/C29H48N4O8/c1-5-6-7-8-9-10-21(30)25(36)27(38)32-23(17-34)28(39)33(4)24(18(2)3)26(37)31-22(29(40)41)16-13-19-11-14-20(35)15-12-19/h11-12,14-15,18,21-25,34-36H,5-10,13,16-17,30H2,1-4H3,(H,31,37)(H,32,38)(H,40,41)/t21-,22+,23+,24+,25+/m1/s1. The van der Waals surface area contributed by atoms with Gasteiger partial charge < -0.3 is 41.7 Å². The van der Waals surface area contributed by atoms with E-state index in [0.717, 1.165) is 42.6 Å². The predicted molar refractivity (Wildman–Crippen MR) is 154 cm³/mol. The summed E-state index contributed by atoms with van der Waals surface area (Å²) in [6.07, 6.45) is 4.12. The molecule has 1 aromatic carbocycles. The molecule has 12 nitrogen and oxygen atoms in total. The number of likely N-dealkylation sites (N-methyl/N-ethyl adjacent to an activating group) is 1. The third-order valence-electron chi connectivity index (χ3n) is 7.05. The molecule has 5 atom stereocenters. The van der Waals surface area contributed by atoms with Crippen molar-refractivity contribution in [1.82, 2.24) is 15.5 Å². The van der Waals surface area contributed by atoms with Crippen molar-refractivity contribution in [3.05, 3.63) is 29.8 Å². The molecule has 0 aliphatic heterocycles. The first-order valence-corrected chi connectivity index (χ1v) is 14.3. The Morgan fingerprint density at radius 2 is 1.51 bits per heavy atom. The highest BCUT2D eigenvalue weighted by Crippen LogP contribution is 2.15. The van der Waals surface area contributed by atoms with Gasteiger partial charge >= 0.3 is 5.97 Å². The molecule has 0 aromatic heterocycles. The third-order valence-corrected chi connectivity index (χ3v) is 7.05. The molecular formula is C29H48N4O8. The summed E-state index contributed by atoms with van der Waals surface area (Å²) in [7, 11) is 1.33. The third kappa shape index (κ3) is 12.0. The molecule has 1 aromatic rings. The van der Waals surface area contributed by atoms with Crippen molar-refractivity contribution in [3.8, 4) is 5.75 Å². The lowest BCUT2D eigenvalue weighted by Gasteiger charge is -2.33. The highest BCUT2D eigenvalue weighted by molar-refractivity contribution is 5.94. The van der Waals surface area contributed by atoms with Gasteiger partial charge in [0.1, 0.15) is 30.0 Å². The number of aromatic hydroxyl groups is 1. The fourth-order valence-corrected chi connectivity index (χ4v) is 4.58. The first-order valence-electron chi connectivity index (χ1n) is 14.3. The smallest absolute Gasteiger partial charge is 0.326 e. The number of aliphatic carboxylic acids is 1. The first-order chi connectivity index (χ1) is 19.3. The van der Waals surface area contributed by atoms with Gasteiger partial charge in [-0.3, -0.25) is 14.4 Å². The normalized spacial score (nSPS) is 14.9. The van der Waals surface area contributed by atoms with Gasteiger partial charge in [0.2, 0.25) is 11.8 Å². The zero-order valence-electron chi connectivity index (χ0n) is 24.6. The van der Waals surface area contributed by atoms with Crippen LogP contribution in [0.25, 0.3) is 0 Å². The summed E-state index contributed by atoms with van der Waals surface area (Å²) in [6, 6.07) is 1.63. The SMILES string of the molecule is CCCCCCC[C@@H](N)[C@H](O)C(=O)N[C@@H](CO)C(=O)N(C)[C@H](C(=O)N[C@@H](CCc1ccc(O)cc1)C(=O)O)C(C)C. The van der Waals surface area contributed by atoms with E-state index in [4.69, 9.17) is 5.73 Å². The molecule has 12 heteroatoms. The second kappa shape index (κ2) is 18.3. The lowest BCUT2D eigenvalue weighted by molar-refractivity contribution is -0.147. The molecule has 8 N–H and O–H groups in total. The molecule has 0 bridgehead atoms. The van der Waals surface area contributed by atoms with Crippen LogP contribution in [0.4, 0.5) is 0 Å². The van der Waals surface area contributed by atoms with Gasteiger partial charge in [-0.1, -0.05) is 65.0 Å². The minimum atomic E-state index is -1.58. The minimum Gasteiger partial charge on any atom is -0.508 e. The van der Waals surface area contributed by atoms with Crippen LogP contribution in [0.5, 0.6) is 5.75 Å². The van der Waals surface area contributed by atoms with Crippen molar-refractivity contribution in [2.24, 2.45) is 11.7 Å². The summed E-state index contributed by atoms with van der Waals surface area (Å²) in [6.45, 7) is 4.66. The van der Waals surface area contributed by atoms with Crippen LogP contribution in [0.2, 0.25) is 0 Å². The highest BCUT2D eigenvalue weighted by Gasteiger charge is 2.36. The molecule has 0 aliphatic rings. The molecule has 0 unspecified atom stereocenters. The number of carboxylic acid groups (broad SMARTS) is 1. The number of nitrogens with two attached hydrogens (primary N) is 1. The predicted octanol–water partition coefficient (Wildman–Crippen LogP) is 0.903. The maximum atomic E-state index is 13.2. The molecule has 0 saturated carbocycles. The van der Waals surface area contributed by atoms with Crippen LogP contribution in [0, 0.1) is 5.92 Å². The lowest BCUT2D eigenvalue weighted by Crippen LogP contribution is -2.60. The van der Waals surface area contributed by atoms with Crippen LogP contribution in [-0.2, 0) is 25.6 Å². The molecule has 3 amide bonds. The second-order valence-corrected chi connectivity index (χ2v) is 10.8. The van der Waals surface area contributed by atoms with E-state index in [1.54, 1.807) is 26.0 Å². The molecule has 41 heavy (non-hydrogen) atoms. The number of carbonyl (C=O) groups is 4. The summed E-state index contributed by atoms with van der Waals surface area (Å²) >= 11 is 0. The van der Waals surface area contributed by atoms with E-state index in [9.17, 15) is 39.6 Å². The Bertz CT molecular complexity index is 972. The molecule has 0 saturated heterocycles. The molecule has 232 valence electrons. The van der Waals surface area contributed by atoms with Gasteiger partial charge in [-0.25, -0.2) is 4.79 Å². The van der Waals surface area contributed by atoms with Gasteiger partial charge in [0.25, 0.3) is 5.91 Å². The monoisotopic (exact) mass is 580 g/mol. The maximum absolute atomic E-state index is 13.2. The van der Waals surface area contributed by atoms with Gasteiger partial charge in [-0.2, -0.15) is 0 Å². The molecule has 0 aliphatic carbocycles. The van der Waals surface area contributed by atoms with Crippen LogP contribution < -0.4 is 16.4 Å². The van der Waals surface area contributed by atoms with E-state index in [-0.39, 0.29) is 12.2 Å². The lowest BCUT2D eigenvalue weighted by atomic mass is 9.99. The van der Waals surface area contributed by atoms with Gasteiger partial charge in [-0.15, -0.1) is 0 Å². The van der Waals surface area contributed by atoms with E-state index in [0.29, 0.717) is 12.8 Å². The van der Waals surface area contributed by atoms with Crippen LogP contribution in [0.15, 0.2) is 24.3 Å². The van der Waals surface area contributed by atoms with Crippen molar-refractivity contribution in [2.75, 3.05) is 13.7 Å². The van der Waals surface area contributed by atoms with Crippen molar-refractivity contribution in [3.63, 3.8) is 0 Å². The van der Waals surface area contributed by atoms with Crippen LogP contribution in [-0.4, -0.2) is 92.9 Å². The Balaban J connectivity index is 2.84. The molecule has 0 heterocycles. The van der Waals surface area contributed by atoms with Gasteiger partial charge in [-0.05, 0) is 42.9 Å². The largest absolute Gasteiger partial charge is 0.508 e. The number of aryl methyl sites for hydroxylation is 1. The number of phenols is 1. The van der Waals surface area contributed by atoms with E-state index in [1.165, 1.54) is 19.2 Å². The second-order valence-electron chi connectivity index (χ2n) is 10.8. The Labute approximate surface area is 242 Å². The number of benzene rings is 1. The topological polar surface area (TPSA) is 203 Å². The number of aliphatic hydroxyl groups is 2. The molecule has 0 spiro atoms.